The summed E-state index contributed by atoms with van der Waals surface area (Å²) >= 11 is 0. The molecule has 2 rings (SSSR count). The van der Waals surface area contributed by atoms with Crippen LogP contribution in [0.1, 0.15) is 5.56 Å². The second-order valence-corrected chi connectivity index (χ2v) is 3.46. The Morgan fingerprint density at radius 3 is 2.50 bits per heavy atom. The van der Waals surface area contributed by atoms with Crippen molar-refractivity contribution >= 4 is 5.69 Å². The molecule has 0 aliphatic heterocycles. The standard InChI is InChI=1S/C13H12FNO/c14-12-8-10(6-7-13(12)15)9-16-11-4-2-1-3-5-11/h1-8H,9,15H2. The zero-order chi connectivity index (χ0) is 11.4. The smallest absolute Gasteiger partial charge is 0.146 e. The average molecular weight is 217 g/mol. The average Bonchev–Trinajstić information content (AvgIpc) is 2.32. The summed E-state index contributed by atoms with van der Waals surface area (Å²) in [5.74, 6) is 0.355. The summed E-state index contributed by atoms with van der Waals surface area (Å²) in [7, 11) is 0. The minimum atomic E-state index is -0.408. The maximum Gasteiger partial charge on any atom is 0.146 e. The molecule has 0 saturated heterocycles. The van der Waals surface area contributed by atoms with Gasteiger partial charge in [0, 0.05) is 0 Å². The molecular formula is C13H12FNO. The molecule has 2 N–H and O–H groups in total. The van der Waals surface area contributed by atoms with Gasteiger partial charge in [0.05, 0.1) is 5.69 Å². The zero-order valence-electron chi connectivity index (χ0n) is 8.69. The summed E-state index contributed by atoms with van der Waals surface area (Å²) in [6, 6.07) is 14.1. The molecule has 0 amide bonds. The second kappa shape index (κ2) is 4.66. The van der Waals surface area contributed by atoms with Crippen LogP contribution in [-0.4, -0.2) is 0 Å². The van der Waals surface area contributed by atoms with Gasteiger partial charge < -0.3 is 10.5 Å². The largest absolute Gasteiger partial charge is 0.489 e. The van der Waals surface area contributed by atoms with Crippen molar-refractivity contribution in [1.29, 1.82) is 0 Å². The van der Waals surface area contributed by atoms with Crippen LogP contribution in [0.3, 0.4) is 0 Å². The first kappa shape index (κ1) is 10.5. The molecule has 0 bridgehead atoms. The van der Waals surface area contributed by atoms with E-state index in [2.05, 4.69) is 0 Å². The van der Waals surface area contributed by atoms with Crippen molar-refractivity contribution in [2.75, 3.05) is 5.73 Å². The first-order valence-electron chi connectivity index (χ1n) is 4.97. The van der Waals surface area contributed by atoms with Crippen LogP contribution in [0.25, 0.3) is 0 Å². The topological polar surface area (TPSA) is 35.2 Å². The maximum atomic E-state index is 13.1. The fourth-order valence-electron chi connectivity index (χ4n) is 1.34. The molecule has 82 valence electrons. The first-order chi connectivity index (χ1) is 7.75. The quantitative estimate of drug-likeness (QED) is 0.802. The number of halogens is 1. The molecule has 0 fully saturated rings. The molecule has 3 heteroatoms. The number of anilines is 1. The molecular weight excluding hydrogens is 205 g/mol. The van der Waals surface area contributed by atoms with Gasteiger partial charge in [0.25, 0.3) is 0 Å². The number of hydrogen-bond acceptors (Lipinski definition) is 2. The fraction of sp³-hybridized carbons (Fsp3) is 0.0769. The van der Waals surface area contributed by atoms with Crippen LogP contribution >= 0.6 is 0 Å². The van der Waals surface area contributed by atoms with Crippen molar-refractivity contribution in [3.8, 4) is 5.75 Å². The van der Waals surface area contributed by atoms with Crippen molar-refractivity contribution < 1.29 is 9.13 Å². The SMILES string of the molecule is Nc1ccc(COc2ccccc2)cc1F. The summed E-state index contributed by atoms with van der Waals surface area (Å²) < 4.78 is 18.6. The third-order valence-electron chi connectivity index (χ3n) is 2.21. The Morgan fingerprint density at radius 1 is 1.06 bits per heavy atom. The van der Waals surface area contributed by atoms with Gasteiger partial charge in [-0.1, -0.05) is 24.3 Å². The number of benzene rings is 2. The maximum absolute atomic E-state index is 13.1. The highest BCUT2D eigenvalue weighted by Gasteiger charge is 2.00. The first-order valence-corrected chi connectivity index (χ1v) is 4.97. The van der Waals surface area contributed by atoms with Crippen LogP contribution in [0.4, 0.5) is 10.1 Å². The van der Waals surface area contributed by atoms with E-state index >= 15 is 0 Å². The van der Waals surface area contributed by atoms with Gasteiger partial charge in [0.1, 0.15) is 18.2 Å². The van der Waals surface area contributed by atoms with E-state index in [9.17, 15) is 4.39 Å². The van der Waals surface area contributed by atoms with Crippen LogP contribution in [0.2, 0.25) is 0 Å². The van der Waals surface area contributed by atoms with Gasteiger partial charge in [0.2, 0.25) is 0 Å². The minimum absolute atomic E-state index is 0.156. The van der Waals surface area contributed by atoms with E-state index in [0.29, 0.717) is 6.61 Å². The Labute approximate surface area is 93.5 Å². The molecule has 2 aromatic rings. The molecule has 0 saturated carbocycles. The second-order valence-electron chi connectivity index (χ2n) is 3.46. The lowest BCUT2D eigenvalue weighted by molar-refractivity contribution is 0.305. The highest BCUT2D eigenvalue weighted by Crippen LogP contribution is 2.15. The number of nitrogens with two attached hydrogens (primary N) is 1. The Bertz CT molecular complexity index is 471. The Kier molecular flexibility index (Phi) is 3.05. The van der Waals surface area contributed by atoms with Gasteiger partial charge in [-0.15, -0.1) is 0 Å². The summed E-state index contributed by atoms with van der Waals surface area (Å²) in [5.41, 5.74) is 6.30. The molecule has 0 atom stereocenters. The van der Waals surface area contributed by atoms with Crippen LogP contribution in [-0.2, 0) is 6.61 Å². The van der Waals surface area contributed by atoms with Crippen molar-refractivity contribution in [3.05, 3.63) is 59.9 Å². The lowest BCUT2D eigenvalue weighted by Crippen LogP contribution is -1.97. The molecule has 0 spiro atoms. The molecule has 0 unspecified atom stereocenters. The lowest BCUT2D eigenvalue weighted by atomic mass is 10.2. The van der Waals surface area contributed by atoms with Gasteiger partial charge in [-0.3, -0.25) is 0 Å². The van der Waals surface area contributed by atoms with Crippen molar-refractivity contribution in [3.63, 3.8) is 0 Å². The molecule has 0 radical (unpaired) electrons. The highest BCUT2D eigenvalue weighted by molar-refractivity contribution is 5.41. The van der Waals surface area contributed by atoms with E-state index in [0.717, 1.165) is 11.3 Å². The summed E-state index contributed by atoms with van der Waals surface area (Å²) in [4.78, 5) is 0. The number of rotatable bonds is 3. The molecule has 0 heterocycles. The molecule has 16 heavy (non-hydrogen) atoms. The molecule has 2 nitrogen and oxygen atoms in total. The number of nitrogen functional groups attached to an aromatic ring is 1. The summed E-state index contributed by atoms with van der Waals surface area (Å²) in [6.07, 6.45) is 0. The van der Waals surface area contributed by atoms with Gasteiger partial charge in [-0.2, -0.15) is 0 Å². The van der Waals surface area contributed by atoms with Gasteiger partial charge in [0.15, 0.2) is 0 Å². The fourth-order valence-corrected chi connectivity index (χ4v) is 1.34. The Hall–Kier alpha value is -2.03. The van der Waals surface area contributed by atoms with Crippen LogP contribution in [0, 0.1) is 5.82 Å². The van der Waals surface area contributed by atoms with Crippen LogP contribution in [0.5, 0.6) is 5.75 Å². The van der Waals surface area contributed by atoms with Gasteiger partial charge >= 0.3 is 0 Å². The van der Waals surface area contributed by atoms with E-state index < -0.39 is 5.82 Å². The minimum Gasteiger partial charge on any atom is -0.489 e. The number of ether oxygens (including phenoxy) is 1. The van der Waals surface area contributed by atoms with Crippen molar-refractivity contribution in [2.24, 2.45) is 0 Å². The molecule has 0 aliphatic rings. The molecule has 2 aromatic carbocycles. The number of hydrogen-bond donors (Lipinski definition) is 1. The van der Waals surface area contributed by atoms with E-state index in [1.165, 1.54) is 6.07 Å². The third kappa shape index (κ3) is 2.51. The predicted octanol–water partition coefficient (Wildman–Crippen LogP) is 2.99. The summed E-state index contributed by atoms with van der Waals surface area (Å²) in [5, 5.41) is 0. The normalized spacial score (nSPS) is 10.1. The predicted molar refractivity (Wildman–Crippen MR) is 61.6 cm³/mol. The van der Waals surface area contributed by atoms with Crippen LogP contribution < -0.4 is 10.5 Å². The Balaban J connectivity index is 2.03. The third-order valence-corrected chi connectivity index (χ3v) is 2.21. The van der Waals surface area contributed by atoms with Crippen molar-refractivity contribution in [1.82, 2.24) is 0 Å². The lowest BCUT2D eigenvalue weighted by Gasteiger charge is -2.06. The van der Waals surface area contributed by atoms with Gasteiger partial charge in [-0.05, 0) is 29.8 Å². The molecule has 0 aromatic heterocycles. The van der Waals surface area contributed by atoms with Crippen molar-refractivity contribution in [2.45, 2.75) is 6.61 Å². The Morgan fingerprint density at radius 2 is 1.81 bits per heavy atom. The van der Waals surface area contributed by atoms with E-state index in [1.807, 2.05) is 30.3 Å². The van der Waals surface area contributed by atoms with Crippen LogP contribution in [0.15, 0.2) is 48.5 Å². The van der Waals surface area contributed by atoms with Gasteiger partial charge in [-0.25, -0.2) is 4.39 Å². The summed E-state index contributed by atoms with van der Waals surface area (Å²) in [6.45, 7) is 0.335. The number of para-hydroxylation sites is 1. The highest BCUT2D eigenvalue weighted by atomic mass is 19.1. The van der Waals surface area contributed by atoms with E-state index in [1.54, 1.807) is 12.1 Å². The monoisotopic (exact) mass is 217 g/mol. The van der Waals surface area contributed by atoms with E-state index in [-0.39, 0.29) is 5.69 Å². The molecule has 0 aliphatic carbocycles. The van der Waals surface area contributed by atoms with E-state index in [4.69, 9.17) is 10.5 Å². The zero-order valence-corrected chi connectivity index (χ0v) is 8.69.